The van der Waals surface area contributed by atoms with Crippen LogP contribution in [0.15, 0.2) is 0 Å². The van der Waals surface area contributed by atoms with Crippen LogP contribution >= 0.6 is 22.6 Å². The number of hydrogen-bond donors (Lipinski definition) is 0. The molecule has 1 amide bonds. The molecule has 0 aliphatic heterocycles. The smallest absolute Gasteiger partial charge is 0.667 e. The number of nitrogens with one attached hydrogen (secondary N) is 1. The summed E-state index contributed by atoms with van der Waals surface area (Å²) in [6.45, 7) is 0. The molecule has 0 aliphatic carbocycles. The van der Waals surface area contributed by atoms with Crippen LogP contribution in [0.5, 0.6) is 0 Å². The first-order valence-electron chi connectivity index (χ1n) is 1.07. The first-order valence-corrected chi connectivity index (χ1v) is 2.60. The largest absolute Gasteiger partial charge is 1.00 e. The maximum absolute atomic E-state index is 9.47. The molecule has 30 valence electrons. The predicted molar refractivity (Wildman–Crippen MR) is 28.2 cm³/mol. The van der Waals surface area contributed by atoms with Gasteiger partial charge in [0.05, 0.1) is 5.91 Å². The SMILES string of the molecule is [NH-]C(=O)CI.[Na+]. The molecule has 0 heterocycles. The van der Waals surface area contributed by atoms with E-state index in [-0.39, 0.29) is 29.6 Å². The minimum atomic E-state index is -0.509. The summed E-state index contributed by atoms with van der Waals surface area (Å²) in [5.41, 5.74) is 6.18. The molecule has 2 nitrogen and oxygen atoms in total. The molecule has 0 rings (SSSR count). The average Bonchev–Trinajstić information content (AvgIpc) is 1.38. The summed E-state index contributed by atoms with van der Waals surface area (Å²) in [5, 5.41) is 0. The fraction of sp³-hybridized carbons (Fsp3) is 0.500. The molecule has 0 unspecified atom stereocenters. The fourth-order valence-corrected chi connectivity index (χ4v) is 0. The van der Waals surface area contributed by atoms with Gasteiger partial charge in [-0.15, -0.1) is 0 Å². The summed E-state index contributed by atoms with van der Waals surface area (Å²) >= 11 is 1.84. The van der Waals surface area contributed by atoms with Gasteiger partial charge in [-0.3, -0.25) is 0 Å². The molecule has 4 heteroatoms. The van der Waals surface area contributed by atoms with Crippen molar-refractivity contribution in [1.29, 1.82) is 0 Å². The van der Waals surface area contributed by atoms with E-state index >= 15 is 0 Å². The first-order chi connectivity index (χ1) is 2.27. The van der Waals surface area contributed by atoms with Gasteiger partial charge in [-0.2, -0.15) is 0 Å². The first kappa shape index (κ1) is 10.2. The van der Waals surface area contributed by atoms with Gasteiger partial charge < -0.3 is 10.5 Å². The Balaban J connectivity index is 0. The number of carbonyl (C=O) groups is 1. The number of alkyl halides is 1. The molecular formula is C2H3INNaO. The van der Waals surface area contributed by atoms with Gasteiger partial charge in [0.15, 0.2) is 0 Å². The van der Waals surface area contributed by atoms with E-state index in [2.05, 4.69) is 0 Å². The van der Waals surface area contributed by atoms with Crippen molar-refractivity contribution >= 4 is 28.5 Å². The maximum Gasteiger partial charge on any atom is 1.00 e. The van der Waals surface area contributed by atoms with Crippen LogP contribution in [0, 0.1) is 0 Å². The van der Waals surface area contributed by atoms with Crippen LogP contribution in [-0.4, -0.2) is 10.3 Å². The van der Waals surface area contributed by atoms with Crippen molar-refractivity contribution in [1.82, 2.24) is 0 Å². The van der Waals surface area contributed by atoms with Gasteiger partial charge in [0.2, 0.25) is 0 Å². The van der Waals surface area contributed by atoms with E-state index < -0.39 is 5.91 Å². The Morgan fingerprint density at radius 3 is 2.00 bits per heavy atom. The Bertz CT molecular complexity index is 48.8. The van der Waals surface area contributed by atoms with Crippen LogP contribution in [0.4, 0.5) is 0 Å². The second-order valence-corrected chi connectivity index (χ2v) is 1.32. The summed E-state index contributed by atoms with van der Waals surface area (Å²) in [4.78, 5) is 9.47. The Kier molecular flexibility index (Phi) is 10.6. The molecule has 0 atom stereocenters. The molecule has 0 aromatic heterocycles. The van der Waals surface area contributed by atoms with Crippen LogP contribution in [0.3, 0.4) is 0 Å². The zero-order valence-electron chi connectivity index (χ0n) is 3.49. The monoisotopic (exact) mass is 207 g/mol. The van der Waals surface area contributed by atoms with Crippen molar-refractivity contribution in [3.63, 3.8) is 0 Å². The Hall–Kier alpha value is 1.20. The van der Waals surface area contributed by atoms with Crippen LogP contribution in [0.2, 0.25) is 0 Å². The predicted octanol–water partition coefficient (Wildman–Crippen LogP) is -2.00. The summed E-state index contributed by atoms with van der Waals surface area (Å²) < 4.78 is 0.303. The van der Waals surface area contributed by atoms with E-state index in [1.807, 2.05) is 22.6 Å². The van der Waals surface area contributed by atoms with E-state index in [4.69, 9.17) is 5.73 Å². The van der Waals surface area contributed by atoms with Gasteiger partial charge in [0.1, 0.15) is 0 Å². The summed E-state index contributed by atoms with van der Waals surface area (Å²) in [6, 6.07) is 0. The average molecular weight is 207 g/mol. The van der Waals surface area contributed by atoms with Crippen LogP contribution < -0.4 is 29.6 Å². The van der Waals surface area contributed by atoms with Crippen molar-refractivity contribution in [2.75, 3.05) is 4.43 Å². The second-order valence-electron chi connectivity index (χ2n) is 0.557. The van der Waals surface area contributed by atoms with Gasteiger partial charge in [-0.05, 0) is 0 Å². The van der Waals surface area contributed by atoms with Crippen molar-refractivity contribution in [3.8, 4) is 0 Å². The van der Waals surface area contributed by atoms with Crippen molar-refractivity contribution in [2.45, 2.75) is 0 Å². The van der Waals surface area contributed by atoms with Crippen molar-refractivity contribution in [3.05, 3.63) is 5.73 Å². The summed E-state index contributed by atoms with van der Waals surface area (Å²) in [6.07, 6.45) is 0. The van der Waals surface area contributed by atoms with Gasteiger partial charge in [-0.25, -0.2) is 0 Å². The Morgan fingerprint density at radius 1 is 1.83 bits per heavy atom. The third kappa shape index (κ3) is 8.96. The molecule has 0 aromatic carbocycles. The molecule has 0 saturated heterocycles. The Labute approximate surface area is 72.3 Å². The number of hydrogen-bond acceptors (Lipinski definition) is 1. The quantitative estimate of drug-likeness (QED) is 0.278. The van der Waals surface area contributed by atoms with Crippen molar-refractivity contribution < 1.29 is 34.4 Å². The molecule has 0 fully saturated rings. The zero-order chi connectivity index (χ0) is 4.28. The number of carbonyl (C=O) groups excluding carboxylic acids is 1. The number of halogens is 1. The summed E-state index contributed by atoms with van der Waals surface area (Å²) in [5.74, 6) is -0.509. The minimum absolute atomic E-state index is 0. The van der Waals surface area contributed by atoms with Gasteiger partial charge in [0, 0.05) is 4.43 Å². The van der Waals surface area contributed by atoms with E-state index in [0.717, 1.165) is 0 Å². The normalized spacial score (nSPS) is 6.17. The third-order valence-electron chi connectivity index (χ3n) is 0.121. The molecule has 6 heavy (non-hydrogen) atoms. The topological polar surface area (TPSA) is 40.9 Å². The van der Waals surface area contributed by atoms with Gasteiger partial charge in [-0.1, -0.05) is 22.6 Å². The fourth-order valence-electron chi connectivity index (χ4n) is 0. The zero-order valence-corrected chi connectivity index (χ0v) is 7.65. The maximum atomic E-state index is 9.47. The van der Waals surface area contributed by atoms with E-state index in [1.165, 1.54) is 0 Å². The summed E-state index contributed by atoms with van der Waals surface area (Å²) in [7, 11) is 0. The van der Waals surface area contributed by atoms with Crippen LogP contribution in [0.1, 0.15) is 0 Å². The van der Waals surface area contributed by atoms with Crippen LogP contribution in [-0.2, 0) is 4.79 Å². The van der Waals surface area contributed by atoms with E-state index in [9.17, 15) is 4.79 Å². The molecule has 0 bridgehead atoms. The van der Waals surface area contributed by atoms with Crippen molar-refractivity contribution in [2.24, 2.45) is 0 Å². The van der Waals surface area contributed by atoms with Crippen LogP contribution in [0.25, 0.3) is 5.73 Å². The second kappa shape index (κ2) is 6.20. The number of rotatable bonds is 1. The van der Waals surface area contributed by atoms with E-state index in [0.29, 0.717) is 4.43 Å². The molecular weight excluding hydrogens is 204 g/mol. The molecule has 1 N–H and O–H groups in total. The van der Waals surface area contributed by atoms with Gasteiger partial charge >= 0.3 is 29.6 Å². The minimum Gasteiger partial charge on any atom is -0.667 e. The molecule has 0 spiro atoms. The van der Waals surface area contributed by atoms with E-state index in [1.54, 1.807) is 0 Å². The molecule has 0 aliphatic rings. The molecule has 0 saturated carbocycles. The van der Waals surface area contributed by atoms with Gasteiger partial charge in [0.25, 0.3) is 0 Å². The molecule has 0 radical (unpaired) electrons. The Morgan fingerprint density at radius 2 is 2.00 bits per heavy atom. The molecule has 0 aromatic rings. The standard InChI is InChI=1S/C2H4INO.Na/c3-1-2(4)5;/h1H2,(H2,4,5);/q;+1/p-1. The third-order valence-corrected chi connectivity index (χ3v) is 0.814. The number of amides is 1.